The first kappa shape index (κ1) is 23.9. The van der Waals surface area contributed by atoms with Gasteiger partial charge in [0.25, 0.3) is 11.8 Å². The van der Waals surface area contributed by atoms with Crippen LogP contribution in [0.5, 0.6) is 5.75 Å². The lowest BCUT2D eigenvalue weighted by Crippen LogP contribution is -2.34. The summed E-state index contributed by atoms with van der Waals surface area (Å²) in [4.78, 5) is 36.7. The van der Waals surface area contributed by atoms with Crippen molar-refractivity contribution in [2.45, 2.75) is 13.8 Å². The standard InChI is InChI=1S/C25H22BrN3O4/c1-16-7-9-18(10-8-16)24(31)27-15-23(30)29-28-14-19-13-20(26)11-12-22(19)33-25(32)21-6-4-3-5-17(21)2/h3-14H,15H2,1-2H3,(H,27,31)(H,29,30). The van der Waals surface area contributed by atoms with Gasteiger partial charge >= 0.3 is 5.97 Å². The van der Waals surface area contributed by atoms with Gasteiger partial charge in [0.1, 0.15) is 5.75 Å². The molecule has 0 bridgehead atoms. The molecule has 0 spiro atoms. The molecular weight excluding hydrogens is 486 g/mol. The second-order valence-electron chi connectivity index (χ2n) is 7.23. The molecule has 0 fully saturated rings. The van der Waals surface area contributed by atoms with Crippen molar-refractivity contribution in [3.8, 4) is 5.75 Å². The van der Waals surface area contributed by atoms with Gasteiger partial charge in [-0.05, 0) is 55.8 Å². The van der Waals surface area contributed by atoms with E-state index < -0.39 is 11.9 Å². The van der Waals surface area contributed by atoms with Crippen LogP contribution in [0.4, 0.5) is 0 Å². The summed E-state index contributed by atoms with van der Waals surface area (Å²) in [6.07, 6.45) is 1.37. The average Bonchev–Trinajstić information content (AvgIpc) is 2.80. The van der Waals surface area contributed by atoms with Gasteiger partial charge in [0.05, 0.1) is 18.3 Å². The molecule has 3 rings (SSSR count). The predicted molar refractivity (Wildman–Crippen MR) is 130 cm³/mol. The summed E-state index contributed by atoms with van der Waals surface area (Å²) >= 11 is 3.37. The Hall–Kier alpha value is -3.78. The van der Waals surface area contributed by atoms with Crippen molar-refractivity contribution in [1.29, 1.82) is 0 Å². The van der Waals surface area contributed by atoms with Gasteiger partial charge in [0.2, 0.25) is 0 Å². The molecule has 3 aromatic rings. The lowest BCUT2D eigenvalue weighted by atomic mass is 10.1. The van der Waals surface area contributed by atoms with Crippen LogP contribution in [-0.4, -0.2) is 30.5 Å². The van der Waals surface area contributed by atoms with Crippen LogP contribution in [0.3, 0.4) is 0 Å². The third-order valence-electron chi connectivity index (χ3n) is 4.66. The number of halogens is 1. The number of hydrogen-bond acceptors (Lipinski definition) is 5. The fraction of sp³-hybridized carbons (Fsp3) is 0.120. The number of nitrogens with zero attached hydrogens (tertiary/aromatic N) is 1. The van der Waals surface area contributed by atoms with Crippen LogP contribution in [0, 0.1) is 13.8 Å². The van der Waals surface area contributed by atoms with Gasteiger partial charge in [0.15, 0.2) is 0 Å². The van der Waals surface area contributed by atoms with Crippen molar-refractivity contribution in [2.75, 3.05) is 6.54 Å². The van der Waals surface area contributed by atoms with E-state index in [9.17, 15) is 14.4 Å². The van der Waals surface area contributed by atoms with E-state index in [0.717, 1.165) is 15.6 Å². The highest BCUT2D eigenvalue weighted by atomic mass is 79.9. The zero-order valence-electron chi connectivity index (χ0n) is 18.1. The van der Waals surface area contributed by atoms with E-state index in [1.54, 1.807) is 42.5 Å². The minimum atomic E-state index is -0.500. The van der Waals surface area contributed by atoms with Gasteiger partial charge in [-0.15, -0.1) is 0 Å². The molecule has 0 aliphatic carbocycles. The maximum atomic E-state index is 12.6. The molecule has 0 aliphatic heterocycles. The Morgan fingerprint density at radius 1 is 1.00 bits per heavy atom. The maximum Gasteiger partial charge on any atom is 0.343 e. The van der Waals surface area contributed by atoms with Crippen molar-refractivity contribution in [2.24, 2.45) is 5.10 Å². The van der Waals surface area contributed by atoms with Crippen LogP contribution < -0.4 is 15.5 Å². The Morgan fingerprint density at radius 2 is 1.73 bits per heavy atom. The highest BCUT2D eigenvalue weighted by Gasteiger charge is 2.13. The topological polar surface area (TPSA) is 96.9 Å². The Balaban J connectivity index is 1.60. The molecule has 7 nitrogen and oxygen atoms in total. The molecule has 0 aliphatic rings. The normalized spacial score (nSPS) is 10.6. The molecule has 0 atom stereocenters. The lowest BCUT2D eigenvalue weighted by Gasteiger charge is -2.09. The second-order valence-corrected chi connectivity index (χ2v) is 8.14. The fourth-order valence-electron chi connectivity index (χ4n) is 2.85. The maximum absolute atomic E-state index is 12.6. The van der Waals surface area contributed by atoms with E-state index in [-0.39, 0.29) is 18.2 Å². The quantitative estimate of drug-likeness (QED) is 0.217. The van der Waals surface area contributed by atoms with Gasteiger partial charge in [-0.1, -0.05) is 51.8 Å². The number of carbonyl (C=O) groups is 3. The summed E-state index contributed by atoms with van der Waals surface area (Å²) in [6, 6.07) is 19.2. The molecule has 0 radical (unpaired) electrons. The first-order valence-electron chi connectivity index (χ1n) is 10.1. The van der Waals surface area contributed by atoms with Gasteiger partial charge in [-0.2, -0.15) is 5.10 Å². The van der Waals surface area contributed by atoms with E-state index >= 15 is 0 Å². The van der Waals surface area contributed by atoms with Crippen LogP contribution in [-0.2, 0) is 4.79 Å². The molecular formula is C25H22BrN3O4. The molecule has 0 unspecified atom stereocenters. The van der Waals surface area contributed by atoms with Crippen LogP contribution >= 0.6 is 15.9 Å². The van der Waals surface area contributed by atoms with E-state index in [1.165, 1.54) is 6.21 Å². The number of benzene rings is 3. The lowest BCUT2D eigenvalue weighted by molar-refractivity contribution is -0.120. The summed E-state index contributed by atoms with van der Waals surface area (Å²) in [5, 5.41) is 6.45. The summed E-state index contributed by atoms with van der Waals surface area (Å²) in [7, 11) is 0. The number of amides is 2. The van der Waals surface area contributed by atoms with Gasteiger partial charge in [0, 0.05) is 15.6 Å². The smallest absolute Gasteiger partial charge is 0.343 e. The number of esters is 1. The number of rotatable bonds is 7. The molecule has 168 valence electrons. The highest BCUT2D eigenvalue weighted by molar-refractivity contribution is 9.10. The third kappa shape index (κ3) is 6.85. The SMILES string of the molecule is Cc1ccc(C(=O)NCC(=O)NN=Cc2cc(Br)ccc2OC(=O)c2ccccc2C)cc1. The molecule has 0 saturated heterocycles. The summed E-state index contributed by atoms with van der Waals surface area (Å²) in [6.45, 7) is 3.51. The van der Waals surface area contributed by atoms with Crippen molar-refractivity contribution >= 4 is 39.9 Å². The number of aryl methyl sites for hydroxylation is 2. The minimum Gasteiger partial charge on any atom is -0.422 e. The second kappa shape index (κ2) is 11.2. The van der Waals surface area contributed by atoms with E-state index in [1.807, 2.05) is 38.1 Å². The molecule has 0 aromatic heterocycles. The van der Waals surface area contributed by atoms with Crippen LogP contribution in [0.15, 0.2) is 76.3 Å². The third-order valence-corrected chi connectivity index (χ3v) is 5.15. The van der Waals surface area contributed by atoms with Gasteiger partial charge in [-0.3, -0.25) is 9.59 Å². The van der Waals surface area contributed by atoms with Crippen LogP contribution in [0.2, 0.25) is 0 Å². The molecule has 2 N–H and O–H groups in total. The average molecular weight is 508 g/mol. The monoisotopic (exact) mass is 507 g/mol. The number of ether oxygens (including phenoxy) is 1. The predicted octanol–water partition coefficient (Wildman–Crippen LogP) is 4.17. The fourth-order valence-corrected chi connectivity index (χ4v) is 3.23. The van der Waals surface area contributed by atoms with E-state index in [2.05, 4.69) is 31.8 Å². The zero-order valence-corrected chi connectivity index (χ0v) is 19.7. The number of carbonyl (C=O) groups excluding carboxylic acids is 3. The minimum absolute atomic E-state index is 0.238. The largest absolute Gasteiger partial charge is 0.422 e. The Bertz CT molecular complexity index is 1210. The summed E-state index contributed by atoms with van der Waals surface area (Å²) < 4.78 is 6.29. The highest BCUT2D eigenvalue weighted by Crippen LogP contribution is 2.23. The number of hydrazone groups is 1. The summed E-state index contributed by atoms with van der Waals surface area (Å²) in [5.74, 6) is -1.06. The Morgan fingerprint density at radius 3 is 2.45 bits per heavy atom. The molecule has 8 heteroatoms. The van der Waals surface area contributed by atoms with Gasteiger partial charge in [-0.25, -0.2) is 10.2 Å². The summed E-state index contributed by atoms with van der Waals surface area (Å²) in [5.41, 5.74) is 5.59. The molecule has 0 heterocycles. The van der Waals surface area contributed by atoms with E-state index in [4.69, 9.17) is 4.74 Å². The van der Waals surface area contributed by atoms with Crippen LogP contribution in [0.25, 0.3) is 0 Å². The van der Waals surface area contributed by atoms with Crippen molar-refractivity contribution in [1.82, 2.24) is 10.7 Å². The van der Waals surface area contributed by atoms with E-state index in [0.29, 0.717) is 16.7 Å². The number of nitrogens with one attached hydrogen (secondary N) is 2. The first-order chi connectivity index (χ1) is 15.8. The molecule has 33 heavy (non-hydrogen) atoms. The molecule has 2 amide bonds. The Labute approximate surface area is 200 Å². The van der Waals surface area contributed by atoms with Crippen molar-refractivity contribution in [3.05, 3.63) is 99.0 Å². The molecule has 0 saturated carbocycles. The number of hydrogen-bond donors (Lipinski definition) is 2. The zero-order chi connectivity index (χ0) is 23.8. The van der Waals surface area contributed by atoms with Gasteiger partial charge < -0.3 is 10.1 Å². The van der Waals surface area contributed by atoms with Crippen LogP contribution in [0.1, 0.15) is 37.4 Å². The van der Waals surface area contributed by atoms with Crippen molar-refractivity contribution in [3.63, 3.8) is 0 Å². The first-order valence-corrected chi connectivity index (χ1v) is 10.9. The van der Waals surface area contributed by atoms with Crippen molar-refractivity contribution < 1.29 is 19.1 Å². The molecule has 3 aromatic carbocycles. The Kier molecular flexibility index (Phi) is 8.10.